The number of ether oxygens (including phenoxy) is 1. The molecule has 0 bridgehead atoms. The third-order valence-corrected chi connectivity index (χ3v) is 5.45. The van der Waals surface area contributed by atoms with Crippen molar-refractivity contribution in [1.82, 2.24) is 15.5 Å². The highest BCUT2D eigenvalue weighted by Crippen LogP contribution is 2.33. The van der Waals surface area contributed by atoms with Gasteiger partial charge >= 0.3 is 6.18 Å². The van der Waals surface area contributed by atoms with Gasteiger partial charge in [-0.25, -0.2) is 0 Å². The van der Waals surface area contributed by atoms with Crippen molar-refractivity contribution in [3.05, 3.63) is 0 Å². The van der Waals surface area contributed by atoms with E-state index >= 15 is 0 Å². The molecule has 1 heterocycles. The molecule has 2 rings (SSSR count). The van der Waals surface area contributed by atoms with E-state index in [2.05, 4.69) is 20.5 Å². The summed E-state index contributed by atoms with van der Waals surface area (Å²) in [6.45, 7) is 4.81. The normalized spacial score (nSPS) is 22.2. The zero-order valence-electron chi connectivity index (χ0n) is 15.8. The Bertz CT molecular complexity index is 431. The maximum absolute atomic E-state index is 12.2. The van der Waals surface area contributed by atoms with E-state index in [0.717, 1.165) is 32.8 Å². The molecule has 0 spiro atoms. The number of guanidine groups is 1. The van der Waals surface area contributed by atoms with Crippen molar-refractivity contribution in [3.63, 3.8) is 0 Å². The van der Waals surface area contributed by atoms with Gasteiger partial charge in [0.05, 0.1) is 13.2 Å². The number of unbranched alkanes of at least 4 members (excludes halogenated alkanes) is 1. The van der Waals surface area contributed by atoms with Crippen LogP contribution in [0, 0.1) is 0 Å². The van der Waals surface area contributed by atoms with Crippen LogP contribution in [0.15, 0.2) is 4.99 Å². The Morgan fingerprint density at radius 2 is 1.77 bits per heavy atom. The van der Waals surface area contributed by atoms with Gasteiger partial charge in [0.25, 0.3) is 0 Å². The zero-order valence-corrected chi connectivity index (χ0v) is 15.8. The second-order valence-corrected chi connectivity index (χ2v) is 7.31. The summed E-state index contributed by atoms with van der Waals surface area (Å²) in [5, 5.41) is 6.56. The van der Waals surface area contributed by atoms with Crippen LogP contribution in [-0.2, 0) is 4.74 Å². The molecule has 0 radical (unpaired) electrons. The molecular weight excluding hydrogens is 345 g/mol. The Morgan fingerprint density at radius 3 is 2.38 bits per heavy atom. The van der Waals surface area contributed by atoms with E-state index < -0.39 is 12.6 Å². The predicted octanol–water partition coefficient (Wildman–Crippen LogP) is 2.92. The van der Waals surface area contributed by atoms with Gasteiger partial charge in [0, 0.05) is 45.2 Å². The molecule has 26 heavy (non-hydrogen) atoms. The molecule has 0 amide bonds. The van der Waals surface area contributed by atoms with Gasteiger partial charge in [-0.2, -0.15) is 13.2 Å². The molecule has 1 aliphatic heterocycles. The van der Waals surface area contributed by atoms with Crippen molar-refractivity contribution < 1.29 is 17.9 Å². The monoisotopic (exact) mass is 378 g/mol. The molecule has 0 aromatic heterocycles. The van der Waals surface area contributed by atoms with Crippen LogP contribution in [0.1, 0.15) is 51.4 Å². The van der Waals surface area contributed by atoms with Gasteiger partial charge in [0.1, 0.15) is 0 Å². The van der Waals surface area contributed by atoms with E-state index in [4.69, 9.17) is 4.74 Å². The van der Waals surface area contributed by atoms with Crippen molar-refractivity contribution in [2.45, 2.75) is 63.1 Å². The quantitative estimate of drug-likeness (QED) is 0.406. The van der Waals surface area contributed by atoms with E-state index in [-0.39, 0.29) is 12.0 Å². The molecule has 2 fully saturated rings. The van der Waals surface area contributed by atoms with Crippen LogP contribution in [0.5, 0.6) is 0 Å². The Kier molecular flexibility index (Phi) is 8.47. The van der Waals surface area contributed by atoms with Gasteiger partial charge in [0.2, 0.25) is 0 Å². The minimum Gasteiger partial charge on any atom is -0.379 e. The van der Waals surface area contributed by atoms with Gasteiger partial charge in [-0.15, -0.1) is 0 Å². The molecule has 5 nitrogen and oxygen atoms in total. The molecule has 2 N–H and O–H groups in total. The number of rotatable bonds is 7. The number of morpholine rings is 1. The summed E-state index contributed by atoms with van der Waals surface area (Å²) in [6.07, 6.45) is 1.95. The highest BCUT2D eigenvalue weighted by molar-refractivity contribution is 5.79. The molecule has 8 heteroatoms. The van der Waals surface area contributed by atoms with Crippen LogP contribution in [0.3, 0.4) is 0 Å². The van der Waals surface area contributed by atoms with Crippen LogP contribution >= 0.6 is 0 Å². The highest BCUT2D eigenvalue weighted by Gasteiger charge is 2.38. The van der Waals surface area contributed by atoms with Gasteiger partial charge in [-0.1, -0.05) is 19.3 Å². The van der Waals surface area contributed by atoms with Crippen LogP contribution in [0.25, 0.3) is 0 Å². The summed E-state index contributed by atoms with van der Waals surface area (Å²) in [6, 6.07) is 0. The fourth-order valence-corrected chi connectivity index (χ4v) is 3.98. The third kappa shape index (κ3) is 6.95. The second-order valence-electron chi connectivity index (χ2n) is 7.31. The Morgan fingerprint density at radius 1 is 1.08 bits per heavy atom. The van der Waals surface area contributed by atoms with Crippen LogP contribution in [0.2, 0.25) is 0 Å². The number of hydrogen-bond donors (Lipinski definition) is 2. The van der Waals surface area contributed by atoms with Crippen LogP contribution in [-0.4, -0.2) is 69.0 Å². The van der Waals surface area contributed by atoms with Crippen molar-refractivity contribution in [2.24, 2.45) is 4.99 Å². The predicted molar refractivity (Wildman–Crippen MR) is 97.5 cm³/mol. The molecular formula is C18H33F3N4O. The number of alkyl halides is 3. The van der Waals surface area contributed by atoms with Crippen molar-refractivity contribution in [2.75, 3.05) is 46.4 Å². The van der Waals surface area contributed by atoms with Crippen molar-refractivity contribution in [1.29, 1.82) is 0 Å². The Balaban J connectivity index is 1.78. The molecule has 1 saturated carbocycles. The summed E-state index contributed by atoms with van der Waals surface area (Å²) < 4.78 is 42.1. The van der Waals surface area contributed by atoms with E-state index in [0.29, 0.717) is 18.9 Å². The summed E-state index contributed by atoms with van der Waals surface area (Å²) in [5.41, 5.74) is 0.135. The molecule has 1 aliphatic carbocycles. The summed E-state index contributed by atoms with van der Waals surface area (Å²) in [4.78, 5) is 6.78. The van der Waals surface area contributed by atoms with Gasteiger partial charge in [-0.05, 0) is 25.7 Å². The molecule has 1 saturated heterocycles. The Hall–Kier alpha value is -1.02. The maximum Gasteiger partial charge on any atom is 0.389 e. The SMILES string of the molecule is CN=C(NCCCCC(F)(F)F)NCC1(N2CCOCC2)CCCCC1. The molecule has 152 valence electrons. The van der Waals surface area contributed by atoms with Gasteiger partial charge < -0.3 is 15.4 Å². The first-order chi connectivity index (χ1) is 12.5. The van der Waals surface area contributed by atoms with Gasteiger partial charge in [0.15, 0.2) is 5.96 Å². The molecule has 0 unspecified atom stereocenters. The standard InChI is InChI=1S/C18H33F3N4O/c1-22-16(23-10-6-5-9-18(19,20)21)24-15-17(7-3-2-4-8-17)25-11-13-26-14-12-25/h2-15H2,1H3,(H2,22,23,24). The van der Waals surface area contributed by atoms with Gasteiger partial charge in [-0.3, -0.25) is 9.89 Å². The summed E-state index contributed by atoms with van der Waals surface area (Å²) in [7, 11) is 1.70. The first-order valence-corrected chi connectivity index (χ1v) is 9.79. The molecule has 0 aromatic carbocycles. The number of hydrogen-bond acceptors (Lipinski definition) is 3. The highest BCUT2D eigenvalue weighted by atomic mass is 19.4. The van der Waals surface area contributed by atoms with E-state index in [1.54, 1.807) is 7.05 Å². The lowest BCUT2D eigenvalue weighted by Gasteiger charge is -2.48. The van der Waals surface area contributed by atoms with Crippen LogP contribution in [0.4, 0.5) is 13.2 Å². The fraction of sp³-hybridized carbons (Fsp3) is 0.944. The first-order valence-electron chi connectivity index (χ1n) is 9.79. The van der Waals surface area contributed by atoms with E-state index in [1.807, 2.05) is 0 Å². The average Bonchev–Trinajstić information content (AvgIpc) is 2.64. The average molecular weight is 378 g/mol. The molecule has 0 atom stereocenters. The maximum atomic E-state index is 12.2. The van der Waals surface area contributed by atoms with Crippen LogP contribution < -0.4 is 10.6 Å². The summed E-state index contributed by atoms with van der Waals surface area (Å²) in [5.74, 6) is 0.676. The minimum atomic E-state index is -4.06. The smallest absolute Gasteiger partial charge is 0.379 e. The lowest BCUT2D eigenvalue weighted by molar-refractivity contribution is -0.135. The van der Waals surface area contributed by atoms with E-state index in [9.17, 15) is 13.2 Å². The number of nitrogens with one attached hydrogen (secondary N) is 2. The second kappa shape index (κ2) is 10.3. The van der Waals surface area contributed by atoms with Crippen molar-refractivity contribution in [3.8, 4) is 0 Å². The summed E-state index contributed by atoms with van der Waals surface area (Å²) >= 11 is 0. The zero-order chi connectivity index (χ0) is 18.9. The molecule has 0 aromatic rings. The topological polar surface area (TPSA) is 48.9 Å². The lowest BCUT2D eigenvalue weighted by Crippen LogP contribution is -2.60. The number of nitrogens with zero attached hydrogens (tertiary/aromatic N) is 2. The first kappa shape index (κ1) is 21.3. The molecule has 2 aliphatic rings. The van der Waals surface area contributed by atoms with E-state index in [1.165, 1.54) is 32.1 Å². The third-order valence-electron chi connectivity index (χ3n) is 5.45. The number of halogens is 3. The number of aliphatic imine (C=N–C) groups is 1. The minimum absolute atomic E-state index is 0.135. The lowest BCUT2D eigenvalue weighted by atomic mass is 9.80. The fourth-order valence-electron chi connectivity index (χ4n) is 3.98. The van der Waals surface area contributed by atoms with Crippen molar-refractivity contribution >= 4 is 5.96 Å². The Labute approximate surface area is 154 Å². The largest absolute Gasteiger partial charge is 0.389 e.